The number of nitrogens with zero attached hydrogens (tertiary/aromatic N) is 2. The van der Waals surface area contributed by atoms with Gasteiger partial charge in [-0.05, 0) is 36.6 Å². The standard InChI is InChI=1S/C15H20FN3O2/c1-3-12(17)8-10-7-11(16)5-6-13(10)20-9-15-19-18-14(4-2)21-15/h5-7,12H,3-4,8-9,17H2,1-2H3. The summed E-state index contributed by atoms with van der Waals surface area (Å²) in [6, 6.07) is 4.39. The van der Waals surface area contributed by atoms with Gasteiger partial charge in [0.2, 0.25) is 5.89 Å². The highest BCUT2D eigenvalue weighted by atomic mass is 19.1. The van der Waals surface area contributed by atoms with Gasteiger partial charge in [-0.15, -0.1) is 10.2 Å². The van der Waals surface area contributed by atoms with E-state index in [9.17, 15) is 4.39 Å². The van der Waals surface area contributed by atoms with Crippen LogP contribution in [0.4, 0.5) is 4.39 Å². The van der Waals surface area contributed by atoms with E-state index in [0.29, 0.717) is 30.4 Å². The molecule has 0 aliphatic heterocycles. The molecule has 0 amide bonds. The molecule has 2 N–H and O–H groups in total. The predicted molar refractivity (Wildman–Crippen MR) is 76.4 cm³/mol. The molecular formula is C15H20FN3O2. The van der Waals surface area contributed by atoms with Crippen molar-refractivity contribution in [2.45, 2.75) is 45.8 Å². The van der Waals surface area contributed by atoms with Crippen molar-refractivity contribution in [1.29, 1.82) is 0 Å². The van der Waals surface area contributed by atoms with Crippen LogP contribution in [0.25, 0.3) is 0 Å². The van der Waals surface area contributed by atoms with Crippen LogP contribution in [0.2, 0.25) is 0 Å². The molecule has 0 saturated heterocycles. The van der Waals surface area contributed by atoms with E-state index in [1.807, 2.05) is 13.8 Å². The van der Waals surface area contributed by atoms with Crippen LogP contribution in [0.3, 0.4) is 0 Å². The highest BCUT2D eigenvalue weighted by Gasteiger charge is 2.11. The Kier molecular flexibility index (Phi) is 5.27. The Morgan fingerprint density at radius 2 is 2.05 bits per heavy atom. The van der Waals surface area contributed by atoms with Gasteiger partial charge in [0.25, 0.3) is 5.89 Å². The fourth-order valence-electron chi connectivity index (χ4n) is 1.90. The van der Waals surface area contributed by atoms with Crippen molar-refractivity contribution in [2.24, 2.45) is 5.73 Å². The monoisotopic (exact) mass is 293 g/mol. The number of hydrogen-bond donors (Lipinski definition) is 1. The van der Waals surface area contributed by atoms with E-state index in [1.165, 1.54) is 12.1 Å². The van der Waals surface area contributed by atoms with Crippen molar-refractivity contribution >= 4 is 0 Å². The second-order valence-corrected chi connectivity index (χ2v) is 4.86. The summed E-state index contributed by atoms with van der Waals surface area (Å²) < 4.78 is 24.4. The number of hydrogen-bond acceptors (Lipinski definition) is 5. The molecule has 114 valence electrons. The van der Waals surface area contributed by atoms with Crippen molar-refractivity contribution in [3.63, 3.8) is 0 Å². The van der Waals surface area contributed by atoms with Gasteiger partial charge in [0.15, 0.2) is 6.61 Å². The normalized spacial score (nSPS) is 12.4. The summed E-state index contributed by atoms with van der Waals surface area (Å²) in [6.07, 6.45) is 2.06. The molecule has 21 heavy (non-hydrogen) atoms. The van der Waals surface area contributed by atoms with Gasteiger partial charge < -0.3 is 14.9 Å². The van der Waals surface area contributed by atoms with Gasteiger partial charge in [-0.1, -0.05) is 13.8 Å². The van der Waals surface area contributed by atoms with Crippen LogP contribution in [0.15, 0.2) is 22.6 Å². The van der Waals surface area contributed by atoms with Crippen LogP contribution in [-0.2, 0) is 19.4 Å². The molecule has 0 fully saturated rings. The molecule has 0 aliphatic rings. The van der Waals surface area contributed by atoms with Crippen LogP contribution >= 0.6 is 0 Å². The Balaban J connectivity index is 2.07. The fourth-order valence-corrected chi connectivity index (χ4v) is 1.90. The fraction of sp³-hybridized carbons (Fsp3) is 0.467. The lowest BCUT2D eigenvalue weighted by Gasteiger charge is -2.13. The van der Waals surface area contributed by atoms with E-state index in [0.717, 1.165) is 12.0 Å². The zero-order valence-electron chi connectivity index (χ0n) is 12.3. The van der Waals surface area contributed by atoms with Crippen molar-refractivity contribution in [3.05, 3.63) is 41.4 Å². The van der Waals surface area contributed by atoms with E-state index in [-0.39, 0.29) is 18.5 Å². The summed E-state index contributed by atoms with van der Waals surface area (Å²) in [6.45, 7) is 4.09. The van der Waals surface area contributed by atoms with Crippen LogP contribution in [0, 0.1) is 5.82 Å². The van der Waals surface area contributed by atoms with Crippen molar-refractivity contribution in [1.82, 2.24) is 10.2 Å². The summed E-state index contributed by atoms with van der Waals surface area (Å²) in [5.74, 6) is 1.27. The number of benzene rings is 1. The van der Waals surface area contributed by atoms with Gasteiger partial charge in [-0.2, -0.15) is 0 Å². The molecule has 1 heterocycles. The maximum atomic E-state index is 13.4. The van der Waals surface area contributed by atoms with Crippen LogP contribution in [0.1, 0.15) is 37.6 Å². The number of aryl methyl sites for hydroxylation is 1. The summed E-state index contributed by atoms with van der Waals surface area (Å²) >= 11 is 0. The van der Waals surface area contributed by atoms with Gasteiger partial charge in [-0.3, -0.25) is 0 Å². The SMILES string of the molecule is CCc1nnc(COc2ccc(F)cc2CC(N)CC)o1. The molecule has 1 aromatic carbocycles. The Morgan fingerprint density at radius 1 is 1.29 bits per heavy atom. The summed E-state index contributed by atoms with van der Waals surface area (Å²) in [5.41, 5.74) is 6.68. The molecular weight excluding hydrogens is 273 g/mol. The number of aromatic nitrogens is 2. The third-order valence-corrected chi connectivity index (χ3v) is 3.19. The van der Waals surface area contributed by atoms with Crippen molar-refractivity contribution in [2.75, 3.05) is 0 Å². The first kappa shape index (κ1) is 15.4. The minimum Gasteiger partial charge on any atom is -0.484 e. The smallest absolute Gasteiger partial charge is 0.253 e. The lowest BCUT2D eigenvalue weighted by Crippen LogP contribution is -2.21. The Labute approximate surface area is 123 Å². The highest BCUT2D eigenvalue weighted by Crippen LogP contribution is 2.22. The minimum atomic E-state index is -0.299. The van der Waals surface area contributed by atoms with Crippen LogP contribution in [0.5, 0.6) is 5.75 Å². The maximum absolute atomic E-state index is 13.4. The zero-order valence-corrected chi connectivity index (χ0v) is 12.3. The first-order valence-electron chi connectivity index (χ1n) is 7.10. The second kappa shape index (κ2) is 7.17. The molecule has 0 saturated carbocycles. The van der Waals surface area contributed by atoms with Gasteiger partial charge >= 0.3 is 0 Å². The zero-order chi connectivity index (χ0) is 15.2. The van der Waals surface area contributed by atoms with Gasteiger partial charge in [-0.25, -0.2) is 4.39 Å². The lowest BCUT2D eigenvalue weighted by atomic mass is 10.0. The van der Waals surface area contributed by atoms with Crippen molar-refractivity contribution < 1.29 is 13.5 Å². The van der Waals surface area contributed by atoms with Crippen LogP contribution < -0.4 is 10.5 Å². The largest absolute Gasteiger partial charge is 0.484 e. The predicted octanol–water partition coefficient (Wildman–Crippen LogP) is 2.63. The van der Waals surface area contributed by atoms with Gasteiger partial charge in [0.05, 0.1) is 0 Å². The molecule has 0 bridgehead atoms. The molecule has 6 heteroatoms. The molecule has 0 radical (unpaired) electrons. The van der Waals surface area contributed by atoms with E-state index in [2.05, 4.69) is 10.2 Å². The molecule has 1 atom stereocenters. The molecule has 2 rings (SSSR count). The molecule has 1 unspecified atom stereocenters. The Hall–Kier alpha value is -1.95. The number of halogens is 1. The maximum Gasteiger partial charge on any atom is 0.253 e. The first-order valence-corrected chi connectivity index (χ1v) is 7.10. The average Bonchev–Trinajstić information content (AvgIpc) is 2.94. The molecule has 2 aromatic rings. The third kappa shape index (κ3) is 4.26. The van der Waals surface area contributed by atoms with Gasteiger partial charge in [0.1, 0.15) is 11.6 Å². The molecule has 1 aromatic heterocycles. The second-order valence-electron chi connectivity index (χ2n) is 4.86. The Morgan fingerprint density at radius 3 is 2.71 bits per heavy atom. The molecule has 0 aliphatic carbocycles. The average molecular weight is 293 g/mol. The van der Waals surface area contributed by atoms with Crippen molar-refractivity contribution in [3.8, 4) is 5.75 Å². The Bertz CT molecular complexity index is 586. The summed E-state index contributed by atoms with van der Waals surface area (Å²) in [5, 5.41) is 7.75. The minimum absolute atomic E-state index is 0.0238. The first-order chi connectivity index (χ1) is 10.1. The topological polar surface area (TPSA) is 74.2 Å². The van der Waals surface area contributed by atoms with E-state index >= 15 is 0 Å². The number of nitrogens with two attached hydrogens (primary N) is 1. The number of rotatable bonds is 7. The van der Waals surface area contributed by atoms with E-state index < -0.39 is 0 Å². The lowest BCUT2D eigenvalue weighted by molar-refractivity contribution is 0.256. The van der Waals surface area contributed by atoms with Crippen LogP contribution in [-0.4, -0.2) is 16.2 Å². The summed E-state index contributed by atoms with van der Waals surface area (Å²) in [7, 11) is 0. The summed E-state index contributed by atoms with van der Waals surface area (Å²) in [4.78, 5) is 0. The third-order valence-electron chi connectivity index (χ3n) is 3.19. The highest BCUT2D eigenvalue weighted by molar-refractivity contribution is 5.34. The molecule has 0 spiro atoms. The number of ether oxygens (including phenoxy) is 1. The quantitative estimate of drug-likeness (QED) is 0.849. The molecule has 5 nitrogen and oxygen atoms in total. The van der Waals surface area contributed by atoms with E-state index in [1.54, 1.807) is 6.07 Å². The van der Waals surface area contributed by atoms with E-state index in [4.69, 9.17) is 14.9 Å². The van der Waals surface area contributed by atoms with Gasteiger partial charge in [0, 0.05) is 12.5 Å².